The first-order valence-corrected chi connectivity index (χ1v) is 9.15. The molecule has 0 aromatic rings. The molecule has 4 rings (SSSR count). The van der Waals surface area contributed by atoms with Gasteiger partial charge in [-0.2, -0.15) is 0 Å². The Kier molecular flexibility index (Phi) is 3.10. The third-order valence-electron chi connectivity index (χ3n) is 8.36. The molecule has 7 atom stereocenters. The Morgan fingerprint density at radius 3 is 2.62 bits per heavy atom. The van der Waals surface area contributed by atoms with Crippen LogP contribution in [0.1, 0.15) is 71.6 Å². The van der Waals surface area contributed by atoms with Gasteiger partial charge in [0, 0.05) is 18.3 Å². The van der Waals surface area contributed by atoms with E-state index < -0.39 is 0 Å². The molecule has 0 aromatic heterocycles. The molecule has 4 saturated carbocycles. The van der Waals surface area contributed by atoms with Crippen molar-refractivity contribution in [3.63, 3.8) is 0 Å². The van der Waals surface area contributed by atoms with Gasteiger partial charge >= 0.3 is 0 Å². The molecule has 0 saturated heterocycles. The van der Waals surface area contributed by atoms with E-state index in [0.29, 0.717) is 29.5 Å². The minimum Gasteiger partial charge on any atom is -0.392 e. The fourth-order valence-electron chi connectivity index (χ4n) is 7.10. The number of rotatable bonds is 0. The maximum absolute atomic E-state index is 11.9. The maximum Gasteiger partial charge on any atom is 0.135 e. The molecule has 2 heteroatoms. The van der Waals surface area contributed by atoms with Gasteiger partial charge < -0.3 is 5.11 Å². The summed E-state index contributed by atoms with van der Waals surface area (Å²) in [6, 6.07) is 0. The molecular formula is C19H30O2. The van der Waals surface area contributed by atoms with E-state index in [0.717, 1.165) is 18.3 Å². The van der Waals surface area contributed by atoms with Gasteiger partial charge in [0.2, 0.25) is 0 Å². The number of aliphatic hydroxyl groups is 1. The van der Waals surface area contributed by atoms with Crippen LogP contribution >= 0.6 is 0 Å². The molecule has 4 aliphatic rings. The Balaban J connectivity index is 1.67. The number of Topliss-reactive ketones (excluding diaryl/α,β-unsaturated/α-hetero) is 1. The Morgan fingerprint density at radius 1 is 1.00 bits per heavy atom. The van der Waals surface area contributed by atoms with Gasteiger partial charge in [-0.05, 0) is 67.6 Å². The van der Waals surface area contributed by atoms with Gasteiger partial charge in [0.25, 0.3) is 0 Å². The Labute approximate surface area is 128 Å². The number of hydrogen-bond acceptors (Lipinski definition) is 2. The number of carbonyl (C=O) groups is 1. The molecule has 2 nitrogen and oxygen atoms in total. The number of aliphatic hydroxyl groups excluding tert-OH is 1. The normalized spacial score (nSPS) is 56.5. The highest BCUT2D eigenvalue weighted by Crippen LogP contribution is 2.65. The van der Waals surface area contributed by atoms with Crippen molar-refractivity contribution in [3.05, 3.63) is 0 Å². The summed E-state index contributed by atoms with van der Waals surface area (Å²) in [5.41, 5.74) is 0.598. The highest BCUT2D eigenvalue weighted by atomic mass is 16.3. The highest BCUT2D eigenvalue weighted by molar-refractivity contribution is 5.80. The predicted molar refractivity (Wildman–Crippen MR) is 82.7 cm³/mol. The molecule has 21 heavy (non-hydrogen) atoms. The zero-order chi connectivity index (χ0) is 14.8. The van der Waals surface area contributed by atoms with E-state index in [1.54, 1.807) is 0 Å². The van der Waals surface area contributed by atoms with Crippen LogP contribution < -0.4 is 0 Å². The summed E-state index contributed by atoms with van der Waals surface area (Å²) in [6.45, 7) is 4.85. The largest absolute Gasteiger partial charge is 0.392 e. The minimum absolute atomic E-state index is 0.0146. The molecule has 0 heterocycles. The van der Waals surface area contributed by atoms with Gasteiger partial charge in [-0.25, -0.2) is 0 Å². The van der Waals surface area contributed by atoms with Crippen molar-refractivity contribution in [1.82, 2.24) is 0 Å². The molecule has 0 bridgehead atoms. The fourth-order valence-corrected chi connectivity index (χ4v) is 7.10. The SMILES string of the molecule is C[C@@]12CCC[C@H]1[C@@H]1CC[C@@H]3CC(=O)CC(O)[C@]3(C)[C@H]1CC2. The van der Waals surface area contributed by atoms with E-state index in [9.17, 15) is 9.90 Å². The average Bonchev–Trinajstić information content (AvgIpc) is 2.82. The predicted octanol–water partition coefficient (Wildman–Crippen LogP) is 3.96. The zero-order valence-electron chi connectivity index (χ0n) is 13.6. The second-order valence-corrected chi connectivity index (χ2v) is 9.06. The first-order chi connectivity index (χ1) is 9.95. The lowest BCUT2D eigenvalue weighted by molar-refractivity contribution is -0.168. The Morgan fingerprint density at radius 2 is 1.81 bits per heavy atom. The molecule has 4 aliphatic carbocycles. The molecule has 0 amide bonds. The van der Waals surface area contributed by atoms with E-state index in [1.165, 1.54) is 44.9 Å². The topological polar surface area (TPSA) is 37.3 Å². The van der Waals surface area contributed by atoms with Crippen LogP contribution in [0.4, 0.5) is 0 Å². The number of hydrogen-bond donors (Lipinski definition) is 1. The first kappa shape index (κ1) is 14.2. The quantitative estimate of drug-likeness (QED) is 0.733. The molecule has 118 valence electrons. The van der Waals surface area contributed by atoms with Crippen molar-refractivity contribution < 1.29 is 9.90 Å². The van der Waals surface area contributed by atoms with Crippen LogP contribution in [0.15, 0.2) is 0 Å². The average molecular weight is 290 g/mol. The van der Waals surface area contributed by atoms with Crippen LogP contribution in [-0.4, -0.2) is 17.0 Å². The molecule has 0 radical (unpaired) electrons. The summed E-state index contributed by atoms with van der Waals surface area (Å²) in [5.74, 6) is 3.11. The van der Waals surface area contributed by atoms with Crippen molar-refractivity contribution in [1.29, 1.82) is 0 Å². The van der Waals surface area contributed by atoms with Gasteiger partial charge in [0.15, 0.2) is 0 Å². The Hall–Kier alpha value is -0.370. The molecular weight excluding hydrogens is 260 g/mol. The number of fused-ring (bicyclic) bond motifs is 5. The standard InChI is InChI=1S/C19H30O2/c1-18-8-3-4-15(18)14-6-5-12-10-13(20)11-17(21)19(12,2)16(14)7-9-18/h12,14-17,21H,3-11H2,1-2H3/t12-,14+,15+,16+,17?,18+,19+/m1/s1. The summed E-state index contributed by atoms with van der Waals surface area (Å²) in [7, 11) is 0. The van der Waals surface area contributed by atoms with Crippen LogP contribution in [0.2, 0.25) is 0 Å². The third kappa shape index (κ3) is 1.84. The van der Waals surface area contributed by atoms with E-state index in [-0.39, 0.29) is 11.5 Å². The molecule has 1 unspecified atom stereocenters. The smallest absolute Gasteiger partial charge is 0.135 e. The van der Waals surface area contributed by atoms with E-state index in [4.69, 9.17) is 0 Å². The number of carbonyl (C=O) groups excluding carboxylic acids is 1. The van der Waals surface area contributed by atoms with Crippen LogP contribution in [0.3, 0.4) is 0 Å². The van der Waals surface area contributed by atoms with Crippen LogP contribution in [0, 0.1) is 34.5 Å². The molecule has 1 N–H and O–H groups in total. The highest BCUT2D eigenvalue weighted by Gasteiger charge is 2.60. The molecule has 4 fully saturated rings. The molecule has 0 spiro atoms. The van der Waals surface area contributed by atoms with Gasteiger partial charge in [-0.3, -0.25) is 4.79 Å². The first-order valence-electron chi connectivity index (χ1n) is 9.15. The minimum atomic E-state index is -0.387. The Bertz CT molecular complexity index is 458. The van der Waals surface area contributed by atoms with Gasteiger partial charge in [0.1, 0.15) is 5.78 Å². The third-order valence-corrected chi connectivity index (χ3v) is 8.36. The van der Waals surface area contributed by atoms with E-state index in [1.807, 2.05) is 0 Å². The van der Waals surface area contributed by atoms with Crippen molar-refractivity contribution in [3.8, 4) is 0 Å². The lowest BCUT2D eigenvalue weighted by Gasteiger charge is -2.61. The summed E-state index contributed by atoms with van der Waals surface area (Å²) in [6.07, 6.45) is 10.1. The fraction of sp³-hybridized carbons (Fsp3) is 0.947. The van der Waals surface area contributed by atoms with Crippen LogP contribution in [0.5, 0.6) is 0 Å². The summed E-state index contributed by atoms with van der Waals surface area (Å²) >= 11 is 0. The second-order valence-electron chi connectivity index (χ2n) is 9.06. The summed E-state index contributed by atoms with van der Waals surface area (Å²) < 4.78 is 0. The van der Waals surface area contributed by atoms with Crippen molar-refractivity contribution in [2.45, 2.75) is 77.7 Å². The summed E-state index contributed by atoms with van der Waals surface area (Å²) in [5, 5.41) is 10.8. The number of ketones is 1. The van der Waals surface area contributed by atoms with Crippen molar-refractivity contribution in [2.75, 3.05) is 0 Å². The lowest BCUT2D eigenvalue weighted by Crippen LogP contribution is -2.58. The van der Waals surface area contributed by atoms with Crippen molar-refractivity contribution in [2.24, 2.45) is 34.5 Å². The summed E-state index contributed by atoms with van der Waals surface area (Å²) in [4.78, 5) is 11.9. The van der Waals surface area contributed by atoms with Gasteiger partial charge in [-0.15, -0.1) is 0 Å². The second kappa shape index (κ2) is 4.57. The van der Waals surface area contributed by atoms with Gasteiger partial charge in [-0.1, -0.05) is 20.3 Å². The van der Waals surface area contributed by atoms with Crippen LogP contribution in [-0.2, 0) is 4.79 Å². The molecule has 0 aliphatic heterocycles. The maximum atomic E-state index is 11.9. The van der Waals surface area contributed by atoms with Crippen LogP contribution in [0.25, 0.3) is 0 Å². The van der Waals surface area contributed by atoms with Crippen molar-refractivity contribution >= 4 is 5.78 Å². The lowest BCUT2D eigenvalue weighted by atomic mass is 9.44. The zero-order valence-corrected chi connectivity index (χ0v) is 13.6. The van der Waals surface area contributed by atoms with Gasteiger partial charge in [0.05, 0.1) is 6.10 Å². The van der Waals surface area contributed by atoms with E-state index in [2.05, 4.69) is 13.8 Å². The van der Waals surface area contributed by atoms with E-state index >= 15 is 0 Å². The molecule has 0 aromatic carbocycles. The monoisotopic (exact) mass is 290 g/mol.